The highest BCUT2D eigenvalue weighted by molar-refractivity contribution is 14.1. The number of methoxy groups -OCH3 is 1. The molecular formula is C13H19IO8. The minimum absolute atomic E-state index is 0.458. The van der Waals surface area contributed by atoms with Crippen LogP contribution in [0.25, 0.3) is 0 Å². The molecule has 0 aromatic carbocycles. The third kappa shape index (κ3) is 5.06. The largest absolute Gasteiger partial charge is 0.456 e. The van der Waals surface area contributed by atoms with Crippen molar-refractivity contribution < 1.29 is 38.1 Å². The Kier molecular flexibility index (Phi) is 7.49. The zero-order chi connectivity index (χ0) is 16.9. The predicted octanol–water partition coefficient (Wildman–Crippen LogP) is 0.588. The van der Waals surface area contributed by atoms with Crippen LogP contribution in [0, 0.1) is 0 Å². The maximum atomic E-state index is 11.4. The standard InChI is InChI=1S/C13H19IO8/c1-6(15)19-10-9(5-14)22-13(18-4)12(21-8(3)17)11(10)20-7(2)16/h9-13H,5H2,1-4H3/t9-,10-,11+,12+,13-/m0/s1. The van der Waals surface area contributed by atoms with Crippen LogP contribution in [0.3, 0.4) is 0 Å². The topological polar surface area (TPSA) is 97.4 Å². The summed E-state index contributed by atoms with van der Waals surface area (Å²) in [6, 6.07) is 0. The fourth-order valence-electron chi connectivity index (χ4n) is 2.17. The van der Waals surface area contributed by atoms with Gasteiger partial charge in [0.15, 0.2) is 24.6 Å². The monoisotopic (exact) mass is 430 g/mol. The van der Waals surface area contributed by atoms with Gasteiger partial charge in [0.2, 0.25) is 0 Å². The van der Waals surface area contributed by atoms with Crippen molar-refractivity contribution >= 4 is 40.5 Å². The van der Waals surface area contributed by atoms with Gasteiger partial charge in [-0.3, -0.25) is 14.4 Å². The molecule has 1 fully saturated rings. The summed E-state index contributed by atoms with van der Waals surface area (Å²) in [5.41, 5.74) is 0. The minimum Gasteiger partial charge on any atom is -0.456 e. The fourth-order valence-corrected chi connectivity index (χ4v) is 2.88. The van der Waals surface area contributed by atoms with E-state index in [0.29, 0.717) is 4.43 Å². The highest BCUT2D eigenvalue weighted by Gasteiger charge is 2.51. The Morgan fingerprint density at radius 1 is 0.909 bits per heavy atom. The maximum absolute atomic E-state index is 11.4. The van der Waals surface area contributed by atoms with E-state index in [1.165, 1.54) is 27.9 Å². The van der Waals surface area contributed by atoms with Gasteiger partial charge < -0.3 is 23.7 Å². The molecule has 0 aliphatic carbocycles. The van der Waals surface area contributed by atoms with Crippen LogP contribution in [0.15, 0.2) is 0 Å². The van der Waals surface area contributed by atoms with Crippen molar-refractivity contribution in [3.05, 3.63) is 0 Å². The number of rotatable bonds is 5. The van der Waals surface area contributed by atoms with Gasteiger partial charge in [0.1, 0.15) is 6.10 Å². The Bertz CT molecular complexity index is 396. The number of esters is 3. The highest BCUT2D eigenvalue weighted by atomic mass is 127. The van der Waals surface area contributed by atoms with E-state index in [4.69, 9.17) is 23.7 Å². The van der Waals surface area contributed by atoms with Crippen molar-refractivity contribution in [1.29, 1.82) is 0 Å². The molecule has 0 amide bonds. The van der Waals surface area contributed by atoms with Gasteiger partial charge in [-0.1, -0.05) is 22.6 Å². The second kappa shape index (κ2) is 8.63. The van der Waals surface area contributed by atoms with E-state index in [0.717, 1.165) is 0 Å². The normalized spacial score (nSPS) is 31.2. The lowest BCUT2D eigenvalue weighted by Gasteiger charge is -2.43. The Labute approximate surface area is 141 Å². The molecule has 126 valence electrons. The first-order valence-electron chi connectivity index (χ1n) is 6.56. The van der Waals surface area contributed by atoms with E-state index in [1.807, 2.05) is 0 Å². The van der Waals surface area contributed by atoms with Crippen LogP contribution in [0.5, 0.6) is 0 Å². The summed E-state index contributed by atoms with van der Waals surface area (Å²) in [5.74, 6) is -1.75. The lowest BCUT2D eigenvalue weighted by Crippen LogP contribution is -2.62. The smallest absolute Gasteiger partial charge is 0.303 e. The Morgan fingerprint density at radius 2 is 1.36 bits per heavy atom. The van der Waals surface area contributed by atoms with Crippen molar-refractivity contribution in [2.75, 3.05) is 11.5 Å². The number of hydrogen-bond donors (Lipinski definition) is 0. The average Bonchev–Trinajstić information content (AvgIpc) is 2.41. The van der Waals surface area contributed by atoms with Crippen LogP contribution >= 0.6 is 22.6 Å². The van der Waals surface area contributed by atoms with Crippen LogP contribution < -0.4 is 0 Å². The molecular weight excluding hydrogens is 411 g/mol. The molecule has 0 N–H and O–H groups in total. The molecule has 0 aromatic rings. The van der Waals surface area contributed by atoms with Gasteiger partial charge in [-0.2, -0.15) is 0 Å². The van der Waals surface area contributed by atoms with Gasteiger partial charge in [0.05, 0.1) is 0 Å². The van der Waals surface area contributed by atoms with E-state index in [9.17, 15) is 14.4 Å². The van der Waals surface area contributed by atoms with Gasteiger partial charge in [-0.15, -0.1) is 0 Å². The van der Waals surface area contributed by atoms with E-state index in [1.54, 1.807) is 0 Å². The van der Waals surface area contributed by atoms with Gasteiger partial charge >= 0.3 is 17.9 Å². The molecule has 0 radical (unpaired) electrons. The second-order valence-corrected chi connectivity index (χ2v) is 5.54. The molecule has 0 spiro atoms. The van der Waals surface area contributed by atoms with Gasteiger partial charge in [0, 0.05) is 32.3 Å². The average molecular weight is 430 g/mol. The maximum Gasteiger partial charge on any atom is 0.303 e. The van der Waals surface area contributed by atoms with Crippen LogP contribution in [-0.2, 0) is 38.1 Å². The van der Waals surface area contributed by atoms with Crippen molar-refractivity contribution in [1.82, 2.24) is 0 Å². The molecule has 1 rings (SSSR count). The first-order chi connectivity index (χ1) is 10.3. The number of hydrogen-bond acceptors (Lipinski definition) is 8. The molecule has 1 aliphatic rings. The number of alkyl halides is 1. The number of carbonyl (C=O) groups is 3. The SMILES string of the molecule is CO[C@H]1O[C@@H](CI)[C@H](OC(C)=O)[C@@H](OC(C)=O)[C@H]1OC(C)=O. The molecule has 0 bridgehead atoms. The van der Waals surface area contributed by atoms with Crippen molar-refractivity contribution in [3.8, 4) is 0 Å². The molecule has 0 aromatic heterocycles. The zero-order valence-corrected chi connectivity index (χ0v) is 14.9. The van der Waals surface area contributed by atoms with Gasteiger partial charge in [-0.05, 0) is 0 Å². The molecule has 22 heavy (non-hydrogen) atoms. The quantitative estimate of drug-likeness (QED) is 0.271. The molecule has 9 heteroatoms. The summed E-state index contributed by atoms with van der Waals surface area (Å²) in [4.78, 5) is 34.0. The first kappa shape index (κ1) is 19.1. The number of ether oxygens (including phenoxy) is 5. The summed E-state index contributed by atoms with van der Waals surface area (Å²) in [6.07, 6.45) is -4.43. The van der Waals surface area contributed by atoms with E-state index >= 15 is 0 Å². The van der Waals surface area contributed by atoms with E-state index in [2.05, 4.69) is 22.6 Å². The number of halogens is 1. The summed E-state index contributed by atoms with van der Waals surface area (Å²) in [6.45, 7) is 3.66. The Morgan fingerprint density at radius 3 is 1.77 bits per heavy atom. The van der Waals surface area contributed by atoms with Crippen molar-refractivity contribution in [2.24, 2.45) is 0 Å². The molecule has 0 saturated carbocycles. The third-order valence-electron chi connectivity index (χ3n) is 2.88. The summed E-state index contributed by atoms with van der Waals surface area (Å²) >= 11 is 2.05. The molecule has 0 unspecified atom stereocenters. The van der Waals surface area contributed by atoms with Crippen molar-refractivity contribution in [3.63, 3.8) is 0 Å². The van der Waals surface area contributed by atoms with Crippen LogP contribution in [0.4, 0.5) is 0 Å². The van der Waals surface area contributed by atoms with Crippen molar-refractivity contribution in [2.45, 2.75) is 51.5 Å². The minimum atomic E-state index is -1.03. The third-order valence-corrected chi connectivity index (χ3v) is 3.75. The lowest BCUT2D eigenvalue weighted by atomic mass is 9.99. The molecule has 8 nitrogen and oxygen atoms in total. The van der Waals surface area contributed by atoms with Gasteiger partial charge in [-0.25, -0.2) is 0 Å². The van der Waals surface area contributed by atoms with Crippen LogP contribution in [0.1, 0.15) is 20.8 Å². The summed E-state index contributed by atoms with van der Waals surface area (Å²) in [5, 5.41) is 0. The summed E-state index contributed by atoms with van der Waals surface area (Å²) in [7, 11) is 1.38. The second-order valence-electron chi connectivity index (χ2n) is 4.66. The summed E-state index contributed by atoms with van der Waals surface area (Å²) < 4.78 is 26.9. The molecule has 5 atom stereocenters. The van der Waals surface area contributed by atoms with Crippen LogP contribution in [-0.4, -0.2) is 60.2 Å². The molecule has 1 saturated heterocycles. The van der Waals surface area contributed by atoms with E-state index in [-0.39, 0.29) is 0 Å². The predicted molar refractivity (Wildman–Crippen MR) is 81.2 cm³/mol. The number of carbonyl (C=O) groups excluding carboxylic acids is 3. The lowest BCUT2D eigenvalue weighted by molar-refractivity contribution is -0.293. The highest BCUT2D eigenvalue weighted by Crippen LogP contribution is 2.30. The fraction of sp³-hybridized carbons (Fsp3) is 0.769. The van der Waals surface area contributed by atoms with E-state index < -0.39 is 48.6 Å². The Hall–Kier alpha value is -0.940. The molecule has 1 aliphatic heterocycles. The Balaban J connectivity index is 3.14. The van der Waals surface area contributed by atoms with Crippen LogP contribution in [0.2, 0.25) is 0 Å². The molecule has 1 heterocycles. The first-order valence-corrected chi connectivity index (χ1v) is 8.08. The zero-order valence-electron chi connectivity index (χ0n) is 12.7. The van der Waals surface area contributed by atoms with Gasteiger partial charge in [0.25, 0.3) is 0 Å².